The fourth-order valence-corrected chi connectivity index (χ4v) is 2.27. The van der Waals surface area contributed by atoms with Gasteiger partial charge in [-0.3, -0.25) is 14.2 Å². The zero-order valence-electron chi connectivity index (χ0n) is 9.14. The molecular weight excluding hydrogens is 310 g/mol. The first-order chi connectivity index (χ1) is 8.26. The van der Waals surface area contributed by atoms with E-state index >= 15 is 0 Å². The second-order valence-electron chi connectivity index (χ2n) is 3.64. The molecule has 0 heterocycles. The molecule has 11 nitrogen and oxygen atoms in total. The lowest BCUT2D eigenvalue weighted by atomic mass is 10.1. The monoisotopic (exact) mass is 323 g/mol. The zero-order chi connectivity index (χ0) is 15.6. The van der Waals surface area contributed by atoms with Crippen molar-refractivity contribution in [3.63, 3.8) is 0 Å². The van der Waals surface area contributed by atoms with Crippen LogP contribution >= 0.6 is 15.5 Å². The van der Waals surface area contributed by atoms with Crippen LogP contribution in [0.1, 0.15) is 0 Å². The third-order valence-electron chi connectivity index (χ3n) is 2.04. The summed E-state index contributed by atoms with van der Waals surface area (Å²) >= 11 is 0. The van der Waals surface area contributed by atoms with Crippen LogP contribution in [0.15, 0.2) is 0 Å². The highest BCUT2D eigenvalue weighted by Crippen LogP contribution is 2.49. The maximum atomic E-state index is 11.4. The molecule has 3 atom stereocenters. The molecular formula is C6H13O11P2+. The minimum absolute atomic E-state index is 0.814. The largest absolute Gasteiger partial charge is 0.406 e. The molecule has 0 aromatic heterocycles. The van der Waals surface area contributed by atoms with Crippen molar-refractivity contribution in [1.29, 1.82) is 0 Å². The molecule has 0 amide bonds. The molecule has 8 N–H and O–H groups in total. The van der Waals surface area contributed by atoms with E-state index in [0.29, 0.717) is 0 Å². The third-order valence-corrected chi connectivity index (χ3v) is 4.11. The zero-order valence-corrected chi connectivity index (χ0v) is 10.9. The summed E-state index contributed by atoms with van der Waals surface area (Å²) in [5.74, 6) is -2.14. The van der Waals surface area contributed by atoms with Crippen LogP contribution in [0, 0.1) is 0 Å². The Morgan fingerprint density at radius 3 is 1.95 bits per heavy atom. The first-order valence-electron chi connectivity index (χ1n) is 4.47. The van der Waals surface area contributed by atoms with Gasteiger partial charge in [0.05, 0.1) is 0 Å². The molecule has 0 saturated carbocycles. The lowest BCUT2D eigenvalue weighted by Crippen LogP contribution is -2.51. The number of aldehydes is 1. The van der Waals surface area contributed by atoms with Crippen molar-refractivity contribution >= 4 is 27.6 Å². The molecule has 0 radical (unpaired) electrons. The van der Waals surface area contributed by atoms with Crippen LogP contribution in [0.4, 0.5) is 0 Å². The Kier molecular flexibility index (Phi) is 5.88. The quantitative estimate of drug-likeness (QED) is 0.129. The number of carbonyl (C=O) groups excluding carboxylic acids is 2. The van der Waals surface area contributed by atoms with Gasteiger partial charge >= 0.3 is 15.5 Å². The molecule has 0 aliphatic heterocycles. The Hall–Kier alpha value is -0.320. The van der Waals surface area contributed by atoms with Crippen LogP contribution in [0.5, 0.6) is 0 Å². The number of Topliss-reactive ketones (excluding diaryl/α,β-unsaturated/α-hetero) is 1. The van der Waals surface area contributed by atoms with E-state index in [-0.39, 0.29) is 0 Å². The highest BCUT2D eigenvalue weighted by Gasteiger charge is 2.56. The average molecular weight is 323 g/mol. The predicted octanol–water partition coefficient (Wildman–Crippen LogP) is -3.92. The summed E-state index contributed by atoms with van der Waals surface area (Å²) in [6, 6.07) is 0. The van der Waals surface area contributed by atoms with Crippen molar-refractivity contribution in [2.24, 2.45) is 0 Å². The number of rotatable bonds is 7. The molecule has 0 aliphatic carbocycles. The topological polar surface area (TPSA) is 213 Å². The van der Waals surface area contributed by atoms with E-state index in [0.717, 1.165) is 0 Å². The molecule has 19 heavy (non-hydrogen) atoms. The van der Waals surface area contributed by atoms with Gasteiger partial charge in [-0.15, -0.1) is 0 Å². The molecule has 13 heteroatoms. The van der Waals surface area contributed by atoms with Gasteiger partial charge in [0.25, 0.3) is 5.34 Å². The Bertz CT molecular complexity index is 396. The van der Waals surface area contributed by atoms with Gasteiger partial charge in [0.15, 0.2) is 12.4 Å². The van der Waals surface area contributed by atoms with E-state index in [1.54, 1.807) is 0 Å². The van der Waals surface area contributed by atoms with E-state index in [9.17, 15) is 24.4 Å². The third kappa shape index (κ3) is 4.62. The van der Waals surface area contributed by atoms with Crippen molar-refractivity contribution in [2.75, 3.05) is 6.16 Å². The first-order valence-corrected chi connectivity index (χ1v) is 7.92. The van der Waals surface area contributed by atoms with Gasteiger partial charge in [-0.25, -0.2) is 0 Å². The molecule has 0 bridgehead atoms. The molecule has 0 saturated heterocycles. The second-order valence-corrected chi connectivity index (χ2v) is 7.16. The van der Waals surface area contributed by atoms with Gasteiger partial charge in [-0.05, 0) is 0 Å². The van der Waals surface area contributed by atoms with Crippen molar-refractivity contribution in [1.82, 2.24) is 0 Å². The van der Waals surface area contributed by atoms with E-state index in [1.165, 1.54) is 0 Å². The number of aliphatic hydroxyl groups is 3. The molecule has 1 unspecified atom stereocenters. The molecule has 0 aliphatic rings. The van der Waals surface area contributed by atoms with Gasteiger partial charge in [-0.1, -0.05) is 0 Å². The fourth-order valence-electron chi connectivity index (χ4n) is 1.01. The normalized spacial score (nSPS) is 19.4. The Morgan fingerprint density at radius 2 is 1.68 bits per heavy atom. The van der Waals surface area contributed by atoms with E-state index < -0.39 is 51.3 Å². The van der Waals surface area contributed by atoms with Gasteiger partial charge in [-0.2, -0.15) is 14.7 Å². The number of hydrogen-bond acceptors (Lipinski definition) is 9. The summed E-state index contributed by atoms with van der Waals surface area (Å²) in [6.45, 7) is 0. The van der Waals surface area contributed by atoms with Crippen LogP contribution in [0.2, 0.25) is 0 Å². The number of carbonyl (C=O) groups is 2. The van der Waals surface area contributed by atoms with Crippen molar-refractivity contribution in [3.8, 4) is 0 Å². The van der Waals surface area contributed by atoms with Crippen LogP contribution in [-0.2, 0) is 14.2 Å². The van der Waals surface area contributed by atoms with Crippen molar-refractivity contribution < 1.29 is 53.9 Å². The molecule has 112 valence electrons. The Balaban J connectivity index is 5.20. The molecule has 0 fully saturated rings. The number of hydrogen-bond donors (Lipinski definition) is 8. The highest BCUT2D eigenvalue weighted by atomic mass is 31.2. The first kappa shape index (κ1) is 18.7. The molecule has 0 aromatic rings. The summed E-state index contributed by atoms with van der Waals surface area (Å²) in [5.41, 5.74) is 0. The Labute approximate surface area is 106 Å². The van der Waals surface area contributed by atoms with Gasteiger partial charge in [0.2, 0.25) is 5.78 Å². The van der Waals surface area contributed by atoms with Crippen LogP contribution in [0.3, 0.4) is 0 Å². The van der Waals surface area contributed by atoms with Crippen molar-refractivity contribution in [3.05, 3.63) is 0 Å². The Morgan fingerprint density at radius 1 is 1.26 bits per heavy atom. The SMILES string of the molecule is O=C[C@](O)(C(=O)[C@H](O)C(O)C[P+](O)(O)O)P(=O)(O)O. The maximum Gasteiger partial charge on any atom is 0.406 e. The van der Waals surface area contributed by atoms with Crippen LogP contribution in [0.25, 0.3) is 0 Å². The maximum absolute atomic E-state index is 11.4. The van der Waals surface area contributed by atoms with E-state index in [4.69, 9.17) is 29.6 Å². The lowest BCUT2D eigenvalue weighted by Gasteiger charge is -2.25. The smallest absolute Gasteiger partial charge is 0.386 e. The minimum Gasteiger partial charge on any atom is -0.386 e. The van der Waals surface area contributed by atoms with Gasteiger partial charge in [0.1, 0.15) is 12.2 Å². The number of aliphatic hydroxyl groups excluding tert-OH is 2. The average Bonchev–Trinajstić information content (AvgIpc) is 2.21. The summed E-state index contributed by atoms with van der Waals surface area (Å²) in [6.07, 6.45) is -7.20. The van der Waals surface area contributed by atoms with Gasteiger partial charge in [0, 0.05) is 0 Å². The standard InChI is InChI=1S/C6H12O11P2/c7-2-6(11,19(15,16)17)5(10)4(9)3(8)1-18(12,13)14/h2-4,8-9,11-14H,1H2,(H-,15,16,17)/p+1/t3?,4-,6-/m1/s1. The molecule has 0 spiro atoms. The van der Waals surface area contributed by atoms with Gasteiger partial charge < -0.3 is 25.1 Å². The summed E-state index contributed by atoms with van der Waals surface area (Å²) in [5, 5.41) is 23.7. The minimum atomic E-state index is -5.70. The number of ketones is 1. The summed E-state index contributed by atoms with van der Waals surface area (Å²) in [7, 11) is -10.3. The molecule has 0 aromatic carbocycles. The fraction of sp³-hybridized carbons (Fsp3) is 0.667. The predicted molar refractivity (Wildman–Crippen MR) is 58.5 cm³/mol. The van der Waals surface area contributed by atoms with E-state index in [1.807, 2.05) is 0 Å². The van der Waals surface area contributed by atoms with E-state index in [2.05, 4.69) is 0 Å². The highest BCUT2D eigenvalue weighted by molar-refractivity contribution is 7.58. The summed E-state index contributed by atoms with van der Waals surface area (Å²) < 4.78 is 10.8. The lowest BCUT2D eigenvalue weighted by molar-refractivity contribution is -0.148. The summed E-state index contributed by atoms with van der Waals surface area (Å²) in [4.78, 5) is 64.9. The second kappa shape index (κ2) is 5.98. The van der Waals surface area contributed by atoms with Crippen LogP contribution < -0.4 is 0 Å². The van der Waals surface area contributed by atoms with Crippen molar-refractivity contribution in [2.45, 2.75) is 17.6 Å². The van der Waals surface area contributed by atoms with Crippen LogP contribution in [-0.4, -0.2) is 75.6 Å². The molecule has 0 rings (SSSR count).